The predicted molar refractivity (Wildman–Crippen MR) is 114 cm³/mol. The monoisotopic (exact) mass is 387 g/mol. The van der Waals surface area contributed by atoms with Crippen LogP contribution in [0.3, 0.4) is 0 Å². The van der Waals surface area contributed by atoms with Crippen molar-refractivity contribution in [3.63, 3.8) is 0 Å². The molecule has 0 N–H and O–H groups in total. The molecule has 5 nitrogen and oxygen atoms in total. The molecular weight excluding hydrogens is 362 g/mol. The maximum absolute atomic E-state index is 6.13. The van der Waals surface area contributed by atoms with Gasteiger partial charge in [0.05, 0.1) is 12.8 Å². The molecule has 0 aliphatic carbocycles. The number of hydrogen-bond donors (Lipinski definition) is 0. The molecule has 0 saturated heterocycles. The third kappa shape index (κ3) is 3.02. The molecule has 0 unspecified atom stereocenters. The van der Waals surface area contributed by atoms with Gasteiger partial charge in [-0.15, -0.1) is 0 Å². The van der Waals surface area contributed by atoms with Crippen molar-refractivity contribution in [1.29, 1.82) is 0 Å². The summed E-state index contributed by atoms with van der Waals surface area (Å²) in [5.74, 6) is 2.41. The molecule has 5 heteroatoms. The molecule has 1 atom stereocenters. The van der Waals surface area contributed by atoms with E-state index in [1.165, 1.54) is 5.69 Å². The molecule has 4 aromatic rings. The second-order valence-corrected chi connectivity index (χ2v) is 7.66. The van der Waals surface area contributed by atoms with Gasteiger partial charge >= 0.3 is 0 Å². The van der Waals surface area contributed by atoms with Gasteiger partial charge in [-0.1, -0.05) is 24.3 Å². The van der Waals surface area contributed by atoms with E-state index in [0.29, 0.717) is 11.9 Å². The molecule has 1 aliphatic rings. The van der Waals surface area contributed by atoms with Crippen LogP contribution in [0.2, 0.25) is 0 Å². The Morgan fingerprint density at radius 1 is 1.07 bits per heavy atom. The number of methoxy groups -OCH3 is 1. The molecule has 0 amide bonds. The Labute approximate surface area is 170 Å². The quantitative estimate of drug-likeness (QED) is 0.483. The van der Waals surface area contributed by atoms with Crippen molar-refractivity contribution in [1.82, 2.24) is 14.5 Å². The van der Waals surface area contributed by atoms with Gasteiger partial charge in [0, 0.05) is 48.5 Å². The van der Waals surface area contributed by atoms with Gasteiger partial charge in [-0.2, -0.15) is 0 Å². The molecule has 3 heterocycles. The topological polar surface area (TPSA) is 43.4 Å². The Balaban J connectivity index is 1.48. The Bertz CT molecular complexity index is 1170. The fourth-order valence-electron chi connectivity index (χ4n) is 4.36. The lowest BCUT2D eigenvalue weighted by atomic mass is 10.0. The minimum absolute atomic E-state index is 0.361. The lowest BCUT2D eigenvalue weighted by Gasteiger charge is -2.34. The Hall–Kier alpha value is -3.05. The minimum atomic E-state index is 0.361. The lowest BCUT2D eigenvalue weighted by molar-refractivity contribution is 0.158. The summed E-state index contributed by atoms with van der Waals surface area (Å²) in [5, 5.41) is 2.15. The van der Waals surface area contributed by atoms with E-state index in [1.54, 1.807) is 7.11 Å². The molecule has 2 aromatic carbocycles. The first-order valence-corrected chi connectivity index (χ1v) is 10.1. The van der Waals surface area contributed by atoms with Gasteiger partial charge < -0.3 is 13.7 Å². The fourth-order valence-corrected chi connectivity index (χ4v) is 4.36. The smallest absolute Gasteiger partial charge is 0.227 e. The zero-order valence-corrected chi connectivity index (χ0v) is 17.1. The summed E-state index contributed by atoms with van der Waals surface area (Å²) < 4.78 is 14.0. The molecule has 148 valence electrons. The van der Waals surface area contributed by atoms with Gasteiger partial charge in [0.1, 0.15) is 11.5 Å². The number of rotatable bonds is 4. The van der Waals surface area contributed by atoms with Crippen LogP contribution in [0, 0.1) is 6.92 Å². The van der Waals surface area contributed by atoms with Crippen LogP contribution in [-0.4, -0.2) is 28.1 Å². The predicted octanol–water partition coefficient (Wildman–Crippen LogP) is 5.19. The standard InChI is InChI=1S/C24H25N3O2/c1-16-22-9-6-12-26(22)13-14-27(16)15-21-17(2)29-24(25-21)20-10-11-23(28-3)19-8-5-4-7-18(19)20/h4-12,16H,13-15H2,1-3H3/t16-/m0/s1. The zero-order valence-electron chi connectivity index (χ0n) is 17.1. The molecule has 0 spiro atoms. The van der Waals surface area contributed by atoms with Gasteiger partial charge in [-0.05, 0) is 43.5 Å². The summed E-state index contributed by atoms with van der Waals surface area (Å²) in [7, 11) is 1.70. The molecular formula is C24H25N3O2. The number of aryl methyl sites for hydroxylation is 1. The van der Waals surface area contributed by atoms with Crippen molar-refractivity contribution in [2.45, 2.75) is 33.0 Å². The van der Waals surface area contributed by atoms with Crippen molar-refractivity contribution >= 4 is 10.8 Å². The van der Waals surface area contributed by atoms with E-state index in [-0.39, 0.29) is 0 Å². The van der Waals surface area contributed by atoms with E-state index in [9.17, 15) is 0 Å². The Kier molecular flexibility index (Phi) is 4.40. The van der Waals surface area contributed by atoms with Crippen LogP contribution >= 0.6 is 0 Å². The van der Waals surface area contributed by atoms with Crippen molar-refractivity contribution in [3.8, 4) is 17.2 Å². The minimum Gasteiger partial charge on any atom is -0.496 e. The summed E-state index contributed by atoms with van der Waals surface area (Å²) in [6.07, 6.45) is 2.16. The average Bonchev–Trinajstić information content (AvgIpc) is 3.36. The van der Waals surface area contributed by atoms with E-state index >= 15 is 0 Å². The number of ether oxygens (including phenoxy) is 1. The summed E-state index contributed by atoms with van der Waals surface area (Å²) in [5.41, 5.74) is 3.36. The molecule has 5 rings (SSSR count). The first-order chi connectivity index (χ1) is 14.2. The van der Waals surface area contributed by atoms with Crippen LogP contribution in [0.5, 0.6) is 5.75 Å². The number of nitrogens with zero attached hydrogens (tertiary/aromatic N) is 3. The third-order valence-corrected chi connectivity index (χ3v) is 6.05. The summed E-state index contributed by atoms with van der Waals surface area (Å²) >= 11 is 0. The number of benzene rings is 2. The largest absolute Gasteiger partial charge is 0.496 e. The maximum atomic E-state index is 6.13. The van der Waals surface area contributed by atoms with E-state index in [2.05, 4.69) is 46.9 Å². The first-order valence-electron chi connectivity index (χ1n) is 10.1. The summed E-state index contributed by atoms with van der Waals surface area (Å²) in [6, 6.07) is 16.9. The van der Waals surface area contributed by atoms with E-state index in [0.717, 1.165) is 53.2 Å². The van der Waals surface area contributed by atoms with Gasteiger partial charge in [0.2, 0.25) is 5.89 Å². The second-order valence-electron chi connectivity index (χ2n) is 7.66. The van der Waals surface area contributed by atoms with E-state index in [4.69, 9.17) is 14.1 Å². The van der Waals surface area contributed by atoms with Crippen LogP contribution < -0.4 is 4.74 Å². The highest BCUT2D eigenvalue weighted by Crippen LogP contribution is 2.35. The molecule has 0 bridgehead atoms. The Morgan fingerprint density at radius 3 is 2.72 bits per heavy atom. The summed E-state index contributed by atoms with van der Waals surface area (Å²) in [4.78, 5) is 7.37. The second kappa shape index (κ2) is 7.08. The molecule has 29 heavy (non-hydrogen) atoms. The molecule has 2 aromatic heterocycles. The van der Waals surface area contributed by atoms with Crippen LogP contribution in [0.1, 0.15) is 30.1 Å². The normalized spacial score (nSPS) is 16.9. The highest BCUT2D eigenvalue weighted by molar-refractivity contribution is 5.98. The van der Waals surface area contributed by atoms with Gasteiger partial charge in [-0.25, -0.2) is 4.98 Å². The van der Waals surface area contributed by atoms with Crippen molar-refractivity contribution in [3.05, 3.63) is 71.9 Å². The van der Waals surface area contributed by atoms with Crippen LogP contribution in [0.4, 0.5) is 0 Å². The molecule has 1 aliphatic heterocycles. The third-order valence-electron chi connectivity index (χ3n) is 6.05. The molecule has 0 fully saturated rings. The van der Waals surface area contributed by atoms with Crippen molar-refractivity contribution < 1.29 is 9.15 Å². The lowest BCUT2D eigenvalue weighted by Crippen LogP contribution is -2.36. The van der Waals surface area contributed by atoms with Gasteiger partial charge in [0.15, 0.2) is 0 Å². The van der Waals surface area contributed by atoms with Crippen molar-refractivity contribution in [2.24, 2.45) is 0 Å². The molecule has 0 radical (unpaired) electrons. The fraction of sp³-hybridized carbons (Fsp3) is 0.292. The number of fused-ring (bicyclic) bond motifs is 2. The van der Waals surface area contributed by atoms with Crippen LogP contribution in [0.15, 0.2) is 59.1 Å². The number of aromatic nitrogens is 2. The van der Waals surface area contributed by atoms with Crippen LogP contribution in [-0.2, 0) is 13.1 Å². The van der Waals surface area contributed by atoms with E-state index in [1.807, 2.05) is 31.2 Å². The number of oxazole rings is 1. The van der Waals surface area contributed by atoms with Crippen LogP contribution in [0.25, 0.3) is 22.2 Å². The zero-order chi connectivity index (χ0) is 20.0. The highest BCUT2D eigenvalue weighted by Gasteiger charge is 2.25. The van der Waals surface area contributed by atoms with Gasteiger partial charge in [-0.3, -0.25) is 4.90 Å². The molecule has 0 saturated carbocycles. The Morgan fingerprint density at radius 2 is 1.90 bits per heavy atom. The first kappa shape index (κ1) is 18.0. The highest BCUT2D eigenvalue weighted by atomic mass is 16.5. The summed E-state index contributed by atoms with van der Waals surface area (Å²) in [6.45, 7) is 7.08. The van der Waals surface area contributed by atoms with Gasteiger partial charge in [0.25, 0.3) is 0 Å². The maximum Gasteiger partial charge on any atom is 0.227 e. The van der Waals surface area contributed by atoms with E-state index < -0.39 is 0 Å². The average molecular weight is 387 g/mol. The van der Waals surface area contributed by atoms with Crippen molar-refractivity contribution in [2.75, 3.05) is 13.7 Å². The number of hydrogen-bond acceptors (Lipinski definition) is 4. The SMILES string of the molecule is COc1ccc(-c2nc(CN3CCn4cccc4[C@@H]3C)c(C)o2)c2ccccc12.